The van der Waals surface area contributed by atoms with Crippen molar-refractivity contribution >= 4 is 21.8 Å². The number of hydrogen-bond donors (Lipinski definition) is 4. The van der Waals surface area contributed by atoms with Crippen molar-refractivity contribution in [2.75, 3.05) is 19.6 Å². The number of pyridine rings is 1. The molecule has 0 unspecified atom stereocenters. The number of amides is 2. The quantitative estimate of drug-likeness (QED) is 0.180. The van der Waals surface area contributed by atoms with E-state index in [1.54, 1.807) is 36.7 Å². The second-order valence-corrected chi connectivity index (χ2v) is 16.4. The van der Waals surface area contributed by atoms with Crippen LogP contribution in [0, 0.1) is 18.3 Å². The Morgan fingerprint density at radius 3 is 2.19 bits per heavy atom. The summed E-state index contributed by atoms with van der Waals surface area (Å²) >= 11 is 0. The van der Waals surface area contributed by atoms with E-state index in [4.69, 9.17) is 0 Å². The molecule has 1 fully saturated rings. The van der Waals surface area contributed by atoms with Gasteiger partial charge in [0.1, 0.15) is 6.04 Å². The van der Waals surface area contributed by atoms with Gasteiger partial charge in [-0.2, -0.15) is 4.31 Å². The molecule has 1 aliphatic rings. The topological polar surface area (TPSA) is 141 Å². The van der Waals surface area contributed by atoms with Gasteiger partial charge in [-0.3, -0.25) is 19.9 Å². The number of sulfonamides is 1. The summed E-state index contributed by atoms with van der Waals surface area (Å²) in [5.74, 6) is -0.796. The molecule has 1 saturated carbocycles. The lowest BCUT2D eigenvalue weighted by Crippen LogP contribution is -2.59. The highest BCUT2D eigenvalue weighted by Gasteiger charge is 2.45. The lowest BCUT2D eigenvalue weighted by Gasteiger charge is -2.34. The number of aromatic nitrogens is 1. The maximum atomic E-state index is 14.0. The molecule has 1 heterocycles. The van der Waals surface area contributed by atoms with Crippen molar-refractivity contribution in [3.63, 3.8) is 0 Å². The number of nitrogens with zero attached hydrogens (tertiary/aromatic N) is 2. The Bertz CT molecular complexity index is 1610. The third kappa shape index (κ3) is 9.95. The Kier molecular flexibility index (Phi) is 12.2. The number of rotatable bonds is 16. The zero-order valence-corrected chi connectivity index (χ0v) is 29.8. The monoisotopic (exact) mass is 677 g/mol. The van der Waals surface area contributed by atoms with Crippen molar-refractivity contribution in [1.82, 2.24) is 25.2 Å². The third-order valence-electron chi connectivity index (χ3n) is 8.69. The first-order chi connectivity index (χ1) is 22.6. The number of carbonyl (C=O) groups excluding carboxylic acids is 2. The van der Waals surface area contributed by atoms with Crippen LogP contribution in [0.5, 0.6) is 0 Å². The molecule has 4 N–H and O–H groups in total. The number of aryl methyl sites for hydroxylation is 1. The Morgan fingerprint density at radius 2 is 1.62 bits per heavy atom. The summed E-state index contributed by atoms with van der Waals surface area (Å²) in [4.78, 5) is 31.6. The molecule has 3 atom stereocenters. The number of carbonyl (C=O) groups is 2. The van der Waals surface area contributed by atoms with Gasteiger partial charge in [0, 0.05) is 31.0 Å². The zero-order valence-electron chi connectivity index (χ0n) is 28.9. The first-order valence-corrected chi connectivity index (χ1v) is 18.1. The molecule has 3 aromatic rings. The third-order valence-corrected chi connectivity index (χ3v) is 10.5. The Morgan fingerprint density at radius 1 is 0.958 bits per heavy atom. The van der Waals surface area contributed by atoms with Gasteiger partial charge in [0.2, 0.25) is 21.8 Å². The maximum Gasteiger partial charge on any atom is 0.243 e. The van der Waals surface area contributed by atoms with Crippen molar-refractivity contribution in [1.29, 1.82) is 0 Å². The van der Waals surface area contributed by atoms with Crippen LogP contribution in [0.3, 0.4) is 0 Å². The summed E-state index contributed by atoms with van der Waals surface area (Å²) in [5, 5.41) is 21.0. The molecular formula is C37H51N5O5S. The first-order valence-electron chi connectivity index (χ1n) is 16.6. The summed E-state index contributed by atoms with van der Waals surface area (Å²) in [6, 6.07) is 18.1. The van der Waals surface area contributed by atoms with E-state index < -0.39 is 39.5 Å². The summed E-state index contributed by atoms with van der Waals surface area (Å²) < 4.78 is 28.8. The van der Waals surface area contributed by atoms with E-state index in [2.05, 4.69) is 20.9 Å². The van der Waals surface area contributed by atoms with Gasteiger partial charge in [0.25, 0.3) is 0 Å². The van der Waals surface area contributed by atoms with Gasteiger partial charge in [0.05, 0.1) is 23.6 Å². The molecule has 4 rings (SSSR count). The van der Waals surface area contributed by atoms with Crippen LogP contribution < -0.4 is 16.0 Å². The van der Waals surface area contributed by atoms with Crippen molar-refractivity contribution in [3.8, 4) is 0 Å². The molecule has 260 valence electrons. The number of aliphatic hydroxyl groups excluding tert-OH is 1. The molecule has 1 aromatic heterocycles. The number of benzene rings is 2. The van der Waals surface area contributed by atoms with E-state index >= 15 is 0 Å². The Labute approximate surface area is 285 Å². The van der Waals surface area contributed by atoms with E-state index in [1.807, 2.05) is 84.0 Å². The van der Waals surface area contributed by atoms with Crippen molar-refractivity contribution in [3.05, 3.63) is 95.8 Å². The summed E-state index contributed by atoms with van der Waals surface area (Å²) in [6.45, 7) is 11.3. The molecule has 0 radical (unpaired) electrons. The molecule has 2 aromatic carbocycles. The molecule has 0 spiro atoms. The first kappa shape index (κ1) is 37.2. The Balaban J connectivity index is 1.52. The van der Waals surface area contributed by atoms with Crippen LogP contribution in [0.2, 0.25) is 0 Å². The van der Waals surface area contributed by atoms with E-state index in [0.717, 1.165) is 29.5 Å². The van der Waals surface area contributed by atoms with Gasteiger partial charge in [-0.1, -0.05) is 88.7 Å². The minimum absolute atomic E-state index is 0.0124. The van der Waals surface area contributed by atoms with Gasteiger partial charge in [-0.25, -0.2) is 8.42 Å². The van der Waals surface area contributed by atoms with Crippen molar-refractivity contribution in [2.24, 2.45) is 11.3 Å². The maximum absolute atomic E-state index is 14.0. The molecule has 0 saturated heterocycles. The van der Waals surface area contributed by atoms with Crippen LogP contribution in [0.4, 0.5) is 0 Å². The standard InChI is InChI=1S/C37H51N5O5S/c1-26(2)24-42(48(46,47)30-16-14-27(3)15-17-30)25-32(43)31(21-28-11-8-7-9-12-28)40-35(45)34(36(4,5)6)41-33(44)23-39-37(18-19-37)29-13-10-20-38-22-29/h7-17,20,22,26,31-32,34,39,43H,18-19,21,23-25H2,1-6H3,(H,40,45)(H,41,44)/t31-,32+,34+/m0/s1. The molecule has 1 aliphatic carbocycles. The molecular weight excluding hydrogens is 627 g/mol. The molecule has 10 nitrogen and oxygen atoms in total. The predicted octanol–water partition coefficient (Wildman–Crippen LogP) is 3.93. The molecule has 0 aliphatic heterocycles. The van der Waals surface area contributed by atoms with Crippen LogP contribution in [-0.4, -0.2) is 72.4 Å². The minimum atomic E-state index is -3.94. The number of aliphatic hydroxyl groups is 1. The van der Waals surface area contributed by atoms with Crippen LogP contribution in [0.15, 0.2) is 84.0 Å². The second kappa shape index (κ2) is 15.7. The van der Waals surface area contributed by atoms with Gasteiger partial charge in [-0.05, 0) is 66.8 Å². The lowest BCUT2D eigenvalue weighted by molar-refractivity contribution is -0.132. The predicted molar refractivity (Wildman–Crippen MR) is 187 cm³/mol. The van der Waals surface area contributed by atoms with Crippen molar-refractivity contribution in [2.45, 2.75) is 89.4 Å². The average molecular weight is 678 g/mol. The van der Waals surface area contributed by atoms with Crippen LogP contribution >= 0.6 is 0 Å². The molecule has 11 heteroatoms. The summed E-state index contributed by atoms with van der Waals surface area (Å²) in [7, 11) is -3.94. The van der Waals surface area contributed by atoms with E-state index in [9.17, 15) is 23.1 Å². The van der Waals surface area contributed by atoms with Crippen molar-refractivity contribution < 1.29 is 23.1 Å². The minimum Gasteiger partial charge on any atom is -0.390 e. The number of hydrogen-bond acceptors (Lipinski definition) is 7. The van der Waals surface area contributed by atoms with E-state index in [0.29, 0.717) is 0 Å². The zero-order chi connectivity index (χ0) is 35.1. The highest BCUT2D eigenvalue weighted by molar-refractivity contribution is 7.89. The fourth-order valence-corrected chi connectivity index (χ4v) is 7.39. The fraction of sp³-hybridized carbons (Fsp3) is 0.486. The summed E-state index contributed by atoms with van der Waals surface area (Å²) in [5.41, 5.74) is 1.87. The summed E-state index contributed by atoms with van der Waals surface area (Å²) in [6.07, 6.45) is 4.30. The Hall–Kier alpha value is -3.64. The SMILES string of the molecule is Cc1ccc(S(=O)(=O)N(CC(C)C)C[C@@H](O)[C@H](Cc2ccccc2)NC(=O)[C@@H](NC(=O)CNC2(c3cccnc3)CC2)C(C)(C)C)cc1. The van der Waals surface area contributed by atoms with Crippen LogP contribution in [0.1, 0.15) is 64.2 Å². The fourth-order valence-electron chi connectivity index (χ4n) is 5.77. The highest BCUT2D eigenvalue weighted by Crippen LogP contribution is 2.44. The smallest absolute Gasteiger partial charge is 0.243 e. The lowest BCUT2D eigenvalue weighted by atomic mass is 9.85. The highest BCUT2D eigenvalue weighted by atomic mass is 32.2. The molecule has 2 amide bonds. The van der Waals surface area contributed by atoms with Gasteiger partial charge in [-0.15, -0.1) is 0 Å². The van der Waals surface area contributed by atoms with Gasteiger partial charge >= 0.3 is 0 Å². The average Bonchev–Trinajstić information content (AvgIpc) is 3.83. The van der Waals surface area contributed by atoms with Crippen LogP contribution in [0.25, 0.3) is 0 Å². The largest absolute Gasteiger partial charge is 0.390 e. The van der Waals surface area contributed by atoms with Crippen LogP contribution in [-0.2, 0) is 31.6 Å². The molecule has 0 bridgehead atoms. The van der Waals surface area contributed by atoms with Gasteiger partial charge < -0.3 is 15.7 Å². The van der Waals surface area contributed by atoms with Gasteiger partial charge in [0.15, 0.2) is 0 Å². The normalized spacial score (nSPS) is 16.3. The van der Waals surface area contributed by atoms with E-state index in [-0.39, 0.29) is 48.3 Å². The number of nitrogens with one attached hydrogen (secondary N) is 3. The molecule has 48 heavy (non-hydrogen) atoms. The van der Waals surface area contributed by atoms with E-state index in [1.165, 1.54) is 4.31 Å². The second-order valence-electron chi connectivity index (χ2n) is 14.4.